The number of nitrogens with zero attached hydrogens (tertiary/aromatic N) is 2. The molecule has 19 heavy (non-hydrogen) atoms. The SMILES string of the molecule is C[C@@H](O)c1ccc(C#N)cc1N1CCNC(=O)CC1. The molecule has 1 heterocycles. The third-order valence-electron chi connectivity index (χ3n) is 3.26. The minimum atomic E-state index is -0.602. The Morgan fingerprint density at radius 1 is 1.47 bits per heavy atom. The zero-order valence-electron chi connectivity index (χ0n) is 10.9. The molecule has 1 aliphatic heterocycles. The van der Waals surface area contributed by atoms with Crippen LogP contribution in [0, 0.1) is 11.3 Å². The Hall–Kier alpha value is -2.06. The van der Waals surface area contributed by atoms with Crippen LogP contribution in [0.2, 0.25) is 0 Å². The average Bonchev–Trinajstić information content (AvgIpc) is 2.62. The van der Waals surface area contributed by atoms with Gasteiger partial charge in [0, 0.05) is 37.3 Å². The number of rotatable bonds is 2. The van der Waals surface area contributed by atoms with Crippen LogP contribution in [0.15, 0.2) is 18.2 Å². The summed E-state index contributed by atoms with van der Waals surface area (Å²) in [5.74, 6) is 0.0394. The number of carbonyl (C=O) groups is 1. The van der Waals surface area contributed by atoms with Crippen molar-refractivity contribution in [1.29, 1.82) is 5.26 Å². The molecule has 5 nitrogen and oxygen atoms in total. The van der Waals surface area contributed by atoms with Crippen LogP contribution < -0.4 is 10.2 Å². The molecule has 1 aromatic carbocycles. The molecule has 0 spiro atoms. The maximum atomic E-state index is 11.4. The fourth-order valence-electron chi connectivity index (χ4n) is 2.25. The lowest BCUT2D eigenvalue weighted by atomic mass is 10.0. The molecule has 1 atom stereocenters. The molecule has 1 aromatic rings. The molecule has 100 valence electrons. The highest BCUT2D eigenvalue weighted by Gasteiger charge is 2.18. The molecule has 0 unspecified atom stereocenters. The molecule has 1 aliphatic rings. The zero-order chi connectivity index (χ0) is 13.8. The van der Waals surface area contributed by atoms with Gasteiger partial charge in [0.25, 0.3) is 0 Å². The van der Waals surface area contributed by atoms with Gasteiger partial charge >= 0.3 is 0 Å². The average molecular weight is 259 g/mol. The van der Waals surface area contributed by atoms with Gasteiger partial charge in [-0.1, -0.05) is 6.07 Å². The van der Waals surface area contributed by atoms with Gasteiger partial charge in [0.15, 0.2) is 0 Å². The van der Waals surface area contributed by atoms with Gasteiger partial charge in [-0.25, -0.2) is 0 Å². The van der Waals surface area contributed by atoms with Crippen molar-refractivity contribution in [2.45, 2.75) is 19.4 Å². The minimum absolute atomic E-state index is 0.0394. The molecular formula is C14H17N3O2. The highest BCUT2D eigenvalue weighted by molar-refractivity contribution is 5.77. The summed E-state index contributed by atoms with van der Waals surface area (Å²) in [6.45, 7) is 3.56. The number of aliphatic hydroxyl groups excluding tert-OH is 1. The normalized spacial score (nSPS) is 17.3. The Kier molecular flexibility index (Phi) is 4.03. The number of nitrogens with one attached hydrogen (secondary N) is 1. The lowest BCUT2D eigenvalue weighted by Gasteiger charge is -2.26. The minimum Gasteiger partial charge on any atom is -0.389 e. The molecule has 0 radical (unpaired) electrons. The number of nitriles is 1. The number of benzene rings is 1. The summed E-state index contributed by atoms with van der Waals surface area (Å²) in [6.07, 6.45) is -0.176. The second-order valence-corrected chi connectivity index (χ2v) is 4.65. The van der Waals surface area contributed by atoms with Crippen LogP contribution in [0.3, 0.4) is 0 Å². The summed E-state index contributed by atoms with van der Waals surface area (Å²) in [5.41, 5.74) is 2.18. The second kappa shape index (κ2) is 5.72. The van der Waals surface area contributed by atoms with E-state index < -0.39 is 6.10 Å². The van der Waals surface area contributed by atoms with E-state index in [1.165, 1.54) is 0 Å². The number of amides is 1. The van der Waals surface area contributed by atoms with Crippen molar-refractivity contribution < 1.29 is 9.90 Å². The summed E-state index contributed by atoms with van der Waals surface area (Å²) in [7, 11) is 0. The molecule has 1 fully saturated rings. The van der Waals surface area contributed by atoms with Gasteiger partial charge in [0.05, 0.1) is 17.7 Å². The van der Waals surface area contributed by atoms with Crippen LogP contribution in [0.1, 0.15) is 30.6 Å². The maximum absolute atomic E-state index is 11.4. The monoisotopic (exact) mass is 259 g/mol. The van der Waals surface area contributed by atoms with E-state index in [4.69, 9.17) is 5.26 Å². The van der Waals surface area contributed by atoms with E-state index in [1.54, 1.807) is 25.1 Å². The van der Waals surface area contributed by atoms with Crippen molar-refractivity contribution in [1.82, 2.24) is 5.32 Å². The van der Waals surface area contributed by atoms with E-state index in [2.05, 4.69) is 11.4 Å². The van der Waals surface area contributed by atoms with E-state index in [0.717, 1.165) is 11.3 Å². The van der Waals surface area contributed by atoms with Gasteiger partial charge in [-0.2, -0.15) is 5.26 Å². The quantitative estimate of drug-likeness (QED) is 0.828. The molecule has 0 aromatic heterocycles. The molecule has 0 bridgehead atoms. The third-order valence-corrected chi connectivity index (χ3v) is 3.26. The molecule has 1 saturated heterocycles. The van der Waals surface area contributed by atoms with Gasteiger partial charge in [-0.05, 0) is 19.1 Å². The summed E-state index contributed by atoms with van der Waals surface area (Å²) < 4.78 is 0. The Balaban J connectivity index is 2.35. The molecule has 0 aliphatic carbocycles. The van der Waals surface area contributed by atoms with E-state index >= 15 is 0 Å². The van der Waals surface area contributed by atoms with Crippen molar-refractivity contribution in [2.75, 3.05) is 24.5 Å². The predicted molar refractivity (Wildman–Crippen MR) is 71.6 cm³/mol. The fourth-order valence-corrected chi connectivity index (χ4v) is 2.25. The molecule has 0 saturated carbocycles. The first-order chi connectivity index (χ1) is 9.11. The Bertz CT molecular complexity index is 520. The van der Waals surface area contributed by atoms with Crippen molar-refractivity contribution in [3.63, 3.8) is 0 Å². The number of hydrogen-bond donors (Lipinski definition) is 2. The van der Waals surface area contributed by atoms with Crippen LogP contribution in [-0.2, 0) is 4.79 Å². The molecule has 5 heteroatoms. The maximum Gasteiger partial charge on any atom is 0.221 e. The van der Waals surface area contributed by atoms with Gasteiger partial charge < -0.3 is 15.3 Å². The summed E-state index contributed by atoms with van der Waals surface area (Å²) in [5, 5.41) is 21.6. The zero-order valence-corrected chi connectivity index (χ0v) is 10.9. The number of hydrogen-bond acceptors (Lipinski definition) is 4. The summed E-state index contributed by atoms with van der Waals surface area (Å²) >= 11 is 0. The molecule has 2 rings (SSSR count). The predicted octanol–water partition coefficient (Wildman–Crippen LogP) is 0.938. The van der Waals surface area contributed by atoms with Crippen LogP contribution in [0.4, 0.5) is 5.69 Å². The lowest BCUT2D eigenvalue weighted by molar-refractivity contribution is -0.120. The van der Waals surface area contributed by atoms with Crippen molar-refractivity contribution in [3.8, 4) is 6.07 Å². The van der Waals surface area contributed by atoms with Crippen molar-refractivity contribution >= 4 is 11.6 Å². The van der Waals surface area contributed by atoms with Gasteiger partial charge in [0.1, 0.15) is 0 Å². The number of carbonyl (C=O) groups excluding carboxylic acids is 1. The molecular weight excluding hydrogens is 242 g/mol. The van der Waals surface area contributed by atoms with Crippen LogP contribution >= 0.6 is 0 Å². The third kappa shape index (κ3) is 3.04. The standard InChI is InChI=1S/C14H17N3O2/c1-10(18)12-3-2-11(9-15)8-13(12)17-6-4-14(19)16-5-7-17/h2-3,8,10,18H,4-7H2,1H3,(H,16,19)/t10-/m1/s1. The second-order valence-electron chi connectivity index (χ2n) is 4.65. The summed E-state index contributed by atoms with van der Waals surface area (Å²) in [4.78, 5) is 13.4. The van der Waals surface area contributed by atoms with Crippen molar-refractivity contribution in [3.05, 3.63) is 29.3 Å². The Labute approximate surface area is 112 Å². The van der Waals surface area contributed by atoms with Crippen LogP contribution in [0.25, 0.3) is 0 Å². The fraction of sp³-hybridized carbons (Fsp3) is 0.429. The topological polar surface area (TPSA) is 76.4 Å². The lowest BCUT2D eigenvalue weighted by Crippen LogP contribution is -2.29. The smallest absolute Gasteiger partial charge is 0.221 e. The van der Waals surface area contributed by atoms with E-state index in [-0.39, 0.29) is 5.91 Å². The van der Waals surface area contributed by atoms with Gasteiger partial charge in [0.2, 0.25) is 5.91 Å². The van der Waals surface area contributed by atoms with Crippen LogP contribution in [-0.4, -0.2) is 30.6 Å². The number of aliphatic hydroxyl groups is 1. The highest BCUT2D eigenvalue weighted by atomic mass is 16.3. The number of anilines is 1. The molecule has 2 N–H and O–H groups in total. The Morgan fingerprint density at radius 2 is 2.26 bits per heavy atom. The van der Waals surface area contributed by atoms with Gasteiger partial charge in [-0.15, -0.1) is 0 Å². The van der Waals surface area contributed by atoms with Gasteiger partial charge in [-0.3, -0.25) is 4.79 Å². The van der Waals surface area contributed by atoms with E-state index in [1.807, 2.05) is 4.90 Å². The largest absolute Gasteiger partial charge is 0.389 e. The van der Waals surface area contributed by atoms with Crippen molar-refractivity contribution in [2.24, 2.45) is 0 Å². The first kappa shape index (κ1) is 13.4. The first-order valence-corrected chi connectivity index (χ1v) is 6.35. The van der Waals surface area contributed by atoms with E-state index in [9.17, 15) is 9.90 Å². The Morgan fingerprint density at radius 3 is 2.95 bits per heavy atom. The first-order valence-electron chi connectivity index (χ1n) is 6.35. The summed E-state index contributed by atoms with van der Waals surface area (Å²) in [6, 6.07) is 7.36. The highest BCUT2D eigenvalue weighted by Crippen LogP contribution is 2.28. The molecule has 1 amide bonds. The van der Waals surface area contributed by atoms with E-state index in [0.29, 0.717) is 31.6 Å². The van der Waals surface area contributed by atoms with Crippen LogP contribution in [0.5, 0.6) is 0 Å².